The van der Waals surface area contributed by atoms with Gasteiger partial charge in [-0.05, 0) is 49.6 Å². The van der Waals surface area contributed by atoms with Gasteiger partial charge >= 0.3 is 0 Å². The van der Waals surface area contributed by atoms with Gasteiger partial charge in [-0.25, -0.2) is 0 Å². The van der Waals surface area contributed by atoms with Gasteiger partial charge in [-0.1, -0.05) is 36.4 Å². The van der Waals surface area contributed by atoms with Gasteiger partial charge in [-0.2, -0.15) is 0 Å². The van der Waals surface area contributed by atoms with Gasteiger partial charge in [0, 0.05) is 0 Å². The fourth-order valence-corrected chi connectivity index (χ4v) is 2.68. The van der Waals surface area contributed by atoms with Crippen LogP contribution in [0.3, 0.4) is 0 Å². The van der Waals surface area contributed by atoms with Gasteiger partial charge in [0.25, 0.3) is 0 Å². The predicted octanol–water partition coefficient (Wildman–Crippen LogP) is 5.79. The van der Waals surface area contributed by atoms with Crippen LogP contribution >= 0.6 is 23.2 Å². The molecule has 0 radical (unpaired) electrons. The lowest BCUT2D eigenvalue weighted by Gasteiger charge is -2.23. The van der Waals surface area contributed by atoms with E-state index in [2.05, 4.69) is 24.3 Å². The third-order valence-corrected chi connectivity index (χ3v) is 3.61. The van der Waals surface area contributed by atoms with Crippen LogP contribution in [0, 0.1) is 0 Å². The largest absolute Gasteiger partial charge is 0.115 e. The Labute approximate surface area is 119 Å². The van der Waals surface area contributed by atoms with Crippen molar-refractivity contribution < 1.29 is 0 Å². The molecule has 0 saturated heterocycles. The molecule has 0 heterocycles. The number of fused-ring (bicyclic) bond motifs is 1. The van der Waals surface area contributed by atoms with E-state index in [4.69, 9.17) is 23.2 Å². The second-order valence-electron chi connectivity index (χ2n) is 5.65. The first kappa shape index (κ1) is 13.7. The zero-order chi connectivity index (χ0) is 13.6. The molecular formula is C16H18Cl2. The molecule has 0 aliphatic carbocycles. The van der Waals surface area contributed by atoms with E-state index in [0.717, 1.165) is 11.1 Å². The molecule has 0 N–H and O–H groups in total. The van der Waals surface area contributed by atoms with Gasteiger partial charge < -0.3 is 0 Å². The molecule has 0 unspecified atom stereocenters. The van der Waals surface area contributed by atoms with Crippen LogP contribution in [0.15, 0.2) is 36.4 Å². The molecule has 0 aliphatic heterocycles. The zero-order valence-electron chi connectivity index (χ0n) is 11.2. The molecule has 0 spiro atoms. The molecule has 0 aliphatic rings. The van der Waals surface area contributed by atoms with Gasteiger partial charge in [0.2, 0.25) is 0 Å². The van der Waals surface area contributed by atoms with Crippen LogP contribution in [0.1, 0.15) is 38.8 Å². The second-order valence-corrected chi connectivity index (χ2v) is 7.54. The summed E-state index contributed by atoms with van der Waals surface area (Å²) in [6.45, 7) is 8.06. The van der Waals surface area contributed by atoms with Crippen molar-refractivity contribution in [3.8, 4) is 0 Å². The number of alkyl halides is 2. The first-order chi connectivity index (χ1) is 8.21. The summed E-state index contributed by atoms with van der Waals surface area (Å²) in [6.07, 6.45) is 0. The minimum Gasteiger partial charge on any atom is -0.115 e. The van der Waals surface area contributed by atoms with E-state index < -0.39 is 0 Å². The molecule has 0 fully saturated rings. The summed E-state index contributed by atoms with van der Waals surface area (Å²) < 4.78 is 0. The van der Waals surface area contributed by atoms with Crippen LogP contribution in [0.4, 0.5) is 0 Å². The molecule has 2 rings (SSSR count). The number of benzene rings is 2. The highest BCUT2D eigenvalue weighted by Crippen LogP contribution is 2.38. The van der Waals surface area contributed by atoms with Crippen molar-refractivity contribution in [1.82, 2.24) is 0 Å². The maximum Gasteiger partial charge on any atom is 0.0644 e. The highest BCUT2D eigenvalue weighted by molar-refractivity contribution is 6.25. The maximum absolute atomic E-state index is 6.47. The fraction of sp³-hybridized carbons (Fsp3) is 0.375. The number of rotatable bonds is 2. The summed E-state index contributed by atoms with van der Waals surface area (Å²) in [6, 6.07) is 12.5. The van der Waals surface area contributed by atoms with Crippen molar-refractivity contribution in [2.45, 2.75) is 37.4 Å². The summed E-state index contributed by atoms with van der Waals surface area (Å²) in [5.74, 6) is 0. The van der Waals surface area contributed by atoms with Crippen molar-refractivity contribution in [3.05, 3.63) is 47.5 Å². The first-order valence-corrected chi connectivity index (χ1v) is 6.87. The molecule has 96 valence electrons. The monoisotopic (exact) mass is 280 g/mol. The lowest BCUT2D eigenvalue weighted by atomic mass is 9.90. The van der Waals surface area contributed by atoms with Crippen LogP contribution in [0.2, 0.25) is 0 Å². The van der Waals surface area contributed by atoms with Crippen molar-refractivity contribution in [2.24, 2.45) is 0 Å². The van der Waals surface area contributed by atoms with E-state index in [1.807, 2.05) is 39.8 Å². The Hall–Kier alpha value is -0.720. The minimum absolute atomic E-state index is 0.380. The van der Waals surface area contributed by atoms with Gasteiger partial charge in [0.15, 0.2) is 0 Å². The van der Waals surface area contributed by atoms with Crippen molar-refractivity contribution in [2.75, 3.05) is 0 Å². The smallest absolute Gasteiger partial charge is 0.0644 e. The SMILES string of the molecule is CC(C)(Cl)c1cccc2c(C(C)(C)Cl)cccc12. The van der Waals surface area contributed by atoms with Crippen LogP contribution in [-0.2, 0) is 9.75 Å². The Kier molecular flexibility index (Phi) is 3.38. The average Bonchev–Trinajstić information content (AvgIpc) is 2.24. The number of hydrogen-bond donors (Lipinski definition) is 0. The van der Waals surface area contributed by atoms with Crippen LogP contribution < -0.4 is 0 Å². The van der Waals surface area contributed by atoms with Gasteiger partial charge in [-0.3, -0.25) is 0 Å². The van der Waals surface area contributed by atoms with E-state index in [0.29, 0.717) is 0 Å². The van der Waals surface area contributed by atoms with E-state index in [9.17, 15) is 0 Å². The Morgan fingerprint density at radius 2 is 1.00 bits per heavy atom. The third-order valence-electron chi connectivity index (χ3n) is 3.20. The molecule has 0 nitrogen and oxygen atoms in total. The number of hydrogen-bond acceptors (Lipinski definition) is 0. The summed E-state index contributed by atoms with van der Waals surface area (Å²) in [5, 5.41) is 2.37. The van der Waals surface area contributed by atoms with E-state index in [1.165, 1.54) is 10.8 Å². The fourth-order valence-electron chi connectivity index (χ4n) is 2.35. The molecule has 2 aromatic rings. The Morgan fingerprint density at radius 3 is 1.28 bits per heavy atom. The maximum atomic E-state index is 6.47. The molecule has 0 saturated carbocycles. The van der Waals surface area contributed by atoms with Crippen molar-refractivity contribution >= 4 is 34.0 Å². The highest BCUT2D eigenvalue weighted by Gasteiger charge is 2.23. The van der Waals surface area contributed by atoms with Crippen LogP contribution in [0.5, 0.6) is 0 Å². The standard InChI is InChI=1S/C16H18Cl2/c1-15(2,17)13-9-5-8-12-11(13)7-6-10-14(12)16(3,4)18/h5-10H,1-4H3. The molecular weight excluding hydrogens is 263 g/mol. The summed E-state index contributed by atoms with van der Waals surface area (Å²) in [5.41, 5.74) is 2.29. The van der Waals surface area contributed by atoms with E-state index in [1.54, 1.807) is 0 Å². The quantitative estimate of drug-likeness (QED) is 0.611. The third kappa shape index (κ3) is 2.50. The normalized spacial score (nSPS) is 13.0. The van der Waals surface area contributed by atoms with Crippen LogP contribution in [-0.4, -0.2) is 0 Å². The van der Waals surface area contributed by atoms with Crippen LogP contribution in [0.25, 0.3) is 10.8 Å². The van der Waals surface area contributed by atoms with Crippen molar-refractivity contribution in [1.29, 1.82) is 0 Å². The molecule has 18 heavy (non-hydrogen) atoms. The van der Waals surface area contributed by atoms with Gasteiger partial charge in [0.1, 0.15) is 0 Å². The molecule has 2 heteroatoms. The molecule has 0 atom stereocenters. The Bertz CT molecular complexity index is 518. The lowest BCUT2D eigenvalue weighted by Crippen LogP contribution is -2.11. The molecule has 0 aromatic heterocycles. The Balaban J connectivity index is 2.82. The van der Waals surface area contributed by atoms with Gasteiger partial charge in [-0.15, -0.1) is 23.2 Å². The van der Waals surface area contributed by atoms with E-state index >= 15 is 0 Å². The summed E-state index contributed by atoms with van der Waals surface area (Å²) in [4.78, 5) is -0.761. The predicted molar refractivity (Wildman–Crippen MR) is 81.7 cm³/mol. The minimum atomic E-state index is -0.380. The molecule has 2 aromatic carbocycles. The number of halogens is 2. The average molecular weight is 281 g/mol. The van der Waals surface area contributed by atoms with Gasteiger partial charge in [0.05, 0.1) is 9.75 Å². The Morgan fingerprint density at radius 1 is 0.667 bits per heavy atom. The second kappa shape index (κ2) is 4.43. The molecule has 0 bridgehead atoms. The van der Waals surface area contributed by atoms with Crippen molar-refractivity contribution in [3.63, 3.8) is 0 Å². The summed E-state index contributed by atoms with van der Waals surface area (Å²) in [7, 11) is 0. The first-order valence-electron chi connectivity index (χ1n) is 6.12. The lowest BCUT2D eigenvalue weighted by molar-refractivity contribution is 0.767. The summed E-state index contributed by atoms with van der Waals surface area (Å²) >= 11 is 12.9. The zero-order valence-corrected chi connectivity index (χ0v) is 12.7. The van der Waals surface area contributed by atoms with E-state index in [-0.39, 0.29) is 9.75 Å². The molecule has 0 amide bonds. The highest BCUT2D eigenvalue weighted by atomic mass is 35.5. The topological polar surface area (TPSA) is 0 Å².